The average Bonchev–Trinajstić information content (AvgIpc) is 2.73. The standard InChI is InChI=1S/C22H22FN3O3/c1-26(16-7-9-17(27)10-8-16)21-20(13-2-5-15(23)6-3-13)24-18-11-4-14(22(28)29)12-19(18)25-21/h2-6,11-12,16-17,27H,7-10H2,1H3,(H,28,29). The van der Waals surface area contributed by atoms with Crippen molar-refractivity contribution >= 4 is 22.8 Å². The number of hydrogen-bond acceptors (Lipinski definition) is 5. The summed E-state index contributed by atoms with van der Waals surface area (Å²) in [6.07, 6.45) is 2.85. The summed E-state index contributed by atoms with van der Waals surface area (Å²) >= 11 is 0. The molecule has 1 fully saturated rings. The van der Waals surface area contributed by atoms with E-state index in [0.29, 0.717) is 22.5 Å². The van der Waals surface area contributed by atoms with E-state index in [-0.39, 0.29) is 23.5 Å². The summed E-state index contributed by atoms with van der Waals surface area (Å²) in [6, 6.07) is 10.9. The van der Waals surface area contributed by atoms with Gasteiger partial charge in [0.2, 0.25) is 0 Å². The van der Waals surface area contributed by atoms with E-state index in [1.165, 1.54) is 24.3 Å². The number of carboxylic acid groups (broad SMARTS) is 1. The topological polar surface area (TPSA) is 86.6 Å². The van der Waals surface area contributed by atoms with Gasteiger partial charge in [0.05, 0.1) is 22.7 Å². The van der Waals surface area contributed by atoms with Crippen molar-refractivity contribution in [1.82, 2.24) is 9.97 Å². The van der Waals surface area contributed by atoms with Gasteiger partial charge in [-0.2, -0.15) is 0 Å². The molecule has 0 saturated heterocycles. The van der Waals surface area contributed by atoms with Gasteiger partial charge in [0.25, 0.3) is 0 Å². The quantitative estimate of drug-likeness (QED) is 0.697. The Morgan fingerprint density at radius 3 is 2.38 bits per heavy atom. The minimum atomic E-state index is -1.02. The summed E-state index contributed by atoms with van der Waals surface area (Å²) in [7, 11) is 1.94. The highest BCUT2D eigenvalue weighted by Gasteiger charge is 2.26. The number of aliphatic hydroxyl groups excluding tert-OH is 1. The van der Waals surface area contributed by atoms with E-state index >= 15 is 0 Å². The van der Waals surface area contributed by atoms with Crippen molar-refractivity contribution in [2.24, 2.45) is 0 Å². The molecule has 0 bridgehead atoms. The number of benzene rings is 2. The van der Waals surface area contributed by atoms with Gasteiger partial charge in [-0.15, -0.1) is 0 Å². The second-order valence-corrected chi connectivity index (χ2v) is 7.48. The SMILES string of the molecule is CN(c1nc2cc(C(=O)O)ccc2nc1-c1ccc(F)cc1)C1CCC(O)CC1. The summed E-state index contributed by atoms with van der Waals surface area (Å²) in [4.78, 5) is 22.9. The van der Waals surface area contributed by atoms with E-state index in [1.54, 1.807) is 18.2 Å². The molecule has 0 atom stereocenters. The Kier molecular flexibility index (Phi) is 5.15. The number of aliphatic hydroxyl groups is 1. The number of carboxylic acids is 1. The minimum Gasteiger partial charge on any atom is -0.478 e. The third-order valence-corrected chi connectivity index (χ3v) is 5.56. The molecule has 6 nitrogen and oxygen atoms in total. The van der Waals surface area contributed by atoms with Crippen LogP contribution in [0.4, 0.5) is 10.2 Å². The molecule has 29 heavy (non-hydrogen) atoms. The molecule has 1 aliphatic rings. The Morgan fingerprint density at radius 2 is 1.72 bits per heavy atom. The number of anilines is 1. The van der Waals surface area contributed by atoms with E-state index in [0.717, 1.165) is 31.2 Å². The zero-order valence-corrected chi connectivity index (χ0v) is 16.0. The number of halogens is 1. The van der Waals surface area contributed by atoms with Gasteiger partial charge in [-0.1, -0.05) is 0 Å². The maximum Gasteiger partial charge on any atom is 0.335 e. The third-order valence-electron chi connectivity index (χ3n) is 5.56. The summed E-state index contributed by atoms with van der Waals surface area (Å²) in [5.74, 6) is -0.731. The van der Waals surface area contributed by atoms with Gasteiger partial charge < -0.3 is 15.1 Å². The van der Waals surface area contributed by atoms with Crippen molar-refractivity contribution in [3.05, 3.63) is 53.8 Å². The first-order chi connectivity index (χ1) is 13.9. The molecule has 0 spiro atoms. The van der Waals surface area contributed by atoms with Crippen LogP contribution in [0.2, 0.25) is 0 Å². The molecular weight excluding hydrogens is 373 g/mol. The molecular formula is C22H22FN3O3. The summed E-state index contributed by atoms with van der Waals surface area (Å²) < 4.78 is 13.4. The maximum absolute atomic E-state index is 13.4. The smallest absolute Gasteiger partial charge is 0.335 e. The Labute approximate surface area is 167 Å². The lowest BCUT2D eigenvalue weighted by Crippen LogP contribution is -2.37. The predicted molar refractivity (Wildman–Crippen MR) is 109 cm³/mol. The first-order valence-corrected chi connectivity index (χ1v) is 9.64. The lowest BCUT2D eigenvalue weighted by molar-refractivity contribution is 0.0697. The number of nitrogens with zero attached hydrogens (tertiary/aromatic N) is 3. The zero-order chi connectivity index (χ0) is 20.5. The fourth-order valence-corrected chi connectivity index (χ4v) is 3.84. The minimum absolute atomic E-state index is 0.149. The van der Waals surface area contributed by atoms with Gasteiger partial charge in [-0.25, -0.2) is 19.2 Å². The van der Waals surface area contributed by atoms with Crippen molar-refractivity contribution in [2.45, 2.75) is 37.8 Å². The van der Waals surface area contributed by atoms with Gasteiger partial charge in [-0.05, 0) is 68.1 Å². The largest absolute Gasteiger partial charge is 0.478 e. The summed E-state index contributed by atoms with van der Waals surface area (Å²) in [6.45, 7) is 0. The Morgan fingerprint density at radius 1 is 1.03 bits per heavy atom. The van der Waals surface area contributed by atoms with Crippen molar-refractivity contribution in [3.8, 4) is 11.3 Å². The Balaban J connectivity index is 1.84. The maximum atomic E-state index is 13.4. The molecule has 2 aromatic carbocycles. The molecule has 0 unspecified atom stereocenters. The molecule has 1 saturated carbocycles. The molecule has 1 aromatic heterocycles. The summed E-state index contributed by atoms with van der Waals surface area (Å²) in [5, 5.41) is 19.1. The van der Waals surface area contributed by atoms with Crippen molar-refractivity contribution in [3.63, 3.8) is 0 Å². The lowest BCUT2D eigenvalue weighted by Gasteiger charge is -2.34. The van der Waals surface area contributed by atoms with Crippen LogP contribution in [-0.4, -0.2) is 45.3 Å². The Bertz CT molecular complexity index is 1050. The van der Waals surface area contributed by atoms with Crippen LogP contribution in [0, 0.1) is 5.82 Å². The van der Waals surface area contributed by atoms with Crippen molar-refractivity contribution in [2.75, 3.05) is 11.9 Å². The zero-order valence-electron chi connectivity index (χ0n) is 16.0. The second-order valence-electron chi connectivity index (χ2n) is 7.48. The van der Waals surface area contributed by atoms with Crippen LogP contribution in [0.1, 0.15) is 36.0 Å². The van der Waals surface area contributed by atoms with Gasteiger partial charge in [0.1, 0.15) is 11.5 Å². The normalized spacial score (nSPS) is 19.3. The number of carbonyl (C=O) groups is 1. The van der Waals surface area contributed by atoms with Crippen LogP contribution in [0.15, 0.2) is 42.5 Å². The van der Waals surface area contributed by atoms with Gasteiger partial charge in [-0.3, -0.25) is 0 Å². The van der Waals surface area contributed by atoms with E-state index < -0.39 is 5.97 Å². The molecule has 0 amide bonds. The number of aromatic nitrogens is 2. The highest BCUT2D eigenvalue weighted by molar-refractivity contribution is 5.93. The fraction of sp³-hybridized carbons (Fsp3) is 0.318. The van der Waals surface area contributed by atoms with Crippen LogP contribution < -0.4 is 4.90 Å². The number of aromatic carboxylic acids is 1. The average molecular weight is 395 g/mol. The van der Waals surface area contributed by atoms with Crippen LogP contribution >= 0.6 is 0 Å². The summed E-state index contributed by atoms with van der Waals surface area (Å²) in [5.41, 5.74) is 2.57. The van der Waals surface area contributed by atoms with Crippen LogP contribution in [0.5, 0.6) is 0 Å². The number of hydrogen-bond donors (Lipinski definition) is 2. The van der Waals surface area contributed by atoms with Crippen molar-refractivity contribution < 1.29 is 19.4 Å². The van der Waals surface area contributed by atoms with E-state index in [4.69, 9.17) is 9.97 Å². The van der Waals surface area contributed by atoms with E-state index in [1.807, 2.05) is 11.9 Å². The molecule has 0 radical (unpaired) electrons. The second kappa shape index (κ2) is 7.75. The fourth-order valence-electron chi connectivity index (χ4n) is 3.84. The first-order valence-electron chi connectivity index (χ1n) is 9.64. The van der Waals surface area contributed by atoms with E-state index in [9.17, 15) is 19.4 Å². The highest BCUT2D eigenvalue weighted by atomic mass is 19.1. The molecule has 3 aromatic rings. The number of fused-ring (bicyclic) bond motifs is 1. The first kappa shape index (κ1) is 19.3. The van der Waals surface area contributed by atoms with E-state index in [2.05, 4.69) is 0 Å². The number of rotatable bonds is 4. The molecule has 7 heteroatoms. The van der Waals surface area contributed by atoms with Gasteiger partial charge in [0, 0.05) is 18.7 Å². The Hall–Kier alpha value is -3.06. The van der Waals surface area contributed by atoms with Crippen LogP contribution in [0.25, 0.3) is 22.3 Å². The third kappa shape index (κ3) is 3.91. The van der Waals surface area contributed by atoms with Crippen LogP contribution in [0.3, 0.4) is 0 Å². The highest BCUT2D eigenvalue weighted by Crippen LogP contribution is 2.33. The van der Waals surface area contributed by atoms with Gasteiger partial charge >= 0.3 is 5.97 Å². The molecule has 1 heterocycles. The van der Waals surface area contributed by atoms with Crippen LogP contribution in [-0.2, 0) is 0 Å². The lowest BCUT2D eigenvalue weighted by atomic mass is 9.92. The molecule has 0 aliphatic heterocycles. The van der Waals surface area contributed by atoms with Gasteiger partial charge in [0.15, 0.2) is 5.82 Å². The predicted octanol–water partition coefficient (Wildman–Crippen LogP) is 3.87. The molecule has 150 valence electrons. The molecule has 1 aliphatic carbocycles. The molecule has 2 N–H and O–H groups in total. The van der Waals surface area contributed by atoms with Crippen molar-refractivity contribution in [1.29, 1.82) is 0 Å². The monoisotopic (exact) mass is 395 g/mol. The molecule has 4 rings (SSSR count).